The molecule has 0 saturated heterocycles. The third-order valence-corrected chi connectivity index (χ3v) is 6.34. The summed E-state index contributed by atoms with van der Waals surface area (Å²) in [5.41, 5.74) is 6.01. The fourth-order valence-electron chi connectivity index (χ4n) is 4.63. The molecule has 1 amide bonds. The van der Waals surface area contributed by atoms with Crippen LogP contribution in [0.15, 0.2) is 85.1 Å². The molecule has 0 bridgehead atoms. The van der Waals surface area contributed by atoms with E-state index in [2.05, 4.69) is 46.7 Å². The van der Waals surface area contributed by atoms with E-state index in [4.69, 9.17) is 0 Å². The number of carbonyl (C=O) groups is 1. The highest BCUT2D eigenvalue weighted by atomic mass is 16.1. The number of nitrogens with zero attached hydrogens (tertiary/aromatic N) is 1. The van der Waals surface area contributed by atoms with Crippen molar-refractivity contribution < 1.29 is 4.79 Å². The summed E-state index contributed by atoms with van der Waals surface area (Å²) in [7, 11) is 0. The largest absolute Gasteiger partial charge is 0.322 e. The van der Waals surface area contributed by atoms with E-state index in [0.29, 0.717) is 11.5 Å². The summed E-state index contributed by atoms with van der Waals surface area (Å²) in [5.74, 6) is 0.593. The van der Waals surface area contributed by atoms with Crippen molar-refractivity contribution in [2.24, 2.45) is 0 Å². The third-order valence-electron chi connectivity index (χ3n) is 6.34. The molecule has 3 nitrogen and oxygen atoms in total. The first-order chi connectivity index (χ1) is 15.3. The van der Waals surface area contributed by atoms with Crippen molar-refractivity contribution in [3.63, 3.8) is 0 Å². The summed E-state index contributed by atoms with van der Waals surface area (Å²) >= 11 is 0. The summed E-state index contributed by atoms with van der Waals surface area (Å²) in [6.07, 6.45) is 8.41. The van der Waals surface area contributed by atoms with Gasteiger partial charge in [-0.05, 0) is 59.7 Å². The van der Waals surface area contributed by atoms with Gasteiger partial charge in [-0.3, -0.25) is 9.78 Å². The predicted molar refractivity (Wildman–Crippen MR) is 127 cm³/mol. The predicted octanol–water partition coefficient (Wildman–Crippen LogP) is 7.20. The van der Waals surface area contributed by atoms with Gasteiger partial charge in [-0.15, -0.1) is 0 Å². The molecule has 1 N–H and O–H groups in total. The molecule has 1 aliphatic rings. The van der Waals surface area contributed by atoms with Gasteiger partial charge in [0.15, 0.2) is 0 Å². The van der Waals surface area contributed by atoms with Crippen LogP contribution in [0.4, 0.5) is 5.69 Å². The zero-order valence-corrected chi connectivity index (χ0v) is 17.6. The van der Waals surface area contributed by atoms with Gasteiger partial charge in [0.1, 0.15) is 0 Å². The van der Waals surface area contributed by atoms with E-state index in [9.17, 15) is 4.79 Å². The van der Waals surface area contributed by atoms with Crippen molar-refractivity contribution in [3.05, 3.63) is 96.2 Å². The average molecular weight is 407 g/mol. The van der Waals surface area contributed by atoms with Crippen LogP contribution in [-0.4, -0.2) is 10.9 Å². The maximum atomic E-state index is 12.8. The van der Waals surface area contributed by atoms with Gasteiger partial charge in [0.25, 0.3) is 5.91 Å². The lowest BCUT2D eigenvalue weighted by molar-refractivity contribution is 0.102. The van der Waals surface area contributed by atoms with Gasteiger partial charge in [0, 0.05) is 17.3 Å². The molecule has 31 heavy (non-hydrogen) atoms. The monoisotopic (exact) mass is 406 g/mol. The van der Waals surface area contributed by atoms with Crippen LogP contribution in [0.3, 0.4) is 0 Å². The highest BCUT2D eigenvalue weighted by molar-refractivity contribution is 6.12. The average Bonchev–Trinajstić information content (AvgIpc) is 2.84. The van der Waals surface area contributed by atoms with E-state index in [1.165, 1.54) is 43.2 Å². The second-order valence-corrected chi connectivity index (χ2v) is 8.37. The van der Waals surface area contributed by atoms with Crippen LogP contribution in [0.2, 0.25) is 0 Å². The Morgan fingerprint density at radius 1 is 0.806 bits per heavy atom. The smallest absolute Gasteiger partial charge is 0.256 e. The molecule has 154 valence electrons. The number of pyridine rings is 1. The van der Waals surface area contributed by atoms with Gasteiger partial charge in [-0.25, -0.2) is 0 Å². The Morgan fingerprint density at radius 2 is 1.55 bits per heavy atom. The first-order valence-corrected chi connectivity index (χ1v) is 11.1. The minimum atomic E-state index is -0.122. The highest BCUT2D eigenvalue weighted by Gasteiger charge is 2.16. The molecule has 1 aliphatic carbocycles. The van der Waals surface area contributed by atoms with Crippen LogP contribution in [0.5, 0.6) is 0 Å². The standard InChI is InChI=1S/C28H26N2O/c31-28(30-24-9-5-2-6-10-24)26-17-18-29-27-19-23(15-16-25(26)27)22-13-11-21(12-14-22)20-7-3-1-4-8-20/h2,5-6,9-20H,1,3-4,7-8H2,(H,30,31). The van der Waals surface area contributed by atoms with E-state index in [1.807, 2.05) is 36.4 Å². The molecule has 3 heteroatoms. The molecule has 0 unspecified atom stereocenters. The van der Waals surface area contributed by atoms with Gasteiger partial charge in [-0.1, -0.05) is 73.9 Å². The van der Waals surface area contributed by atoms with Crippen molar-refractivity contribution in [2.75, 3.05) is 5.32 Å². The summed E-state index contributed by atoms with van der Waals surface area (Å²) in [6, 6.07) is 26.5. The molecule has 1 fully saturated rings. The highest BCUT2D eigenvalue weighted by Crippen LogP contribution is 2.34. The van der Waals surface area contributed by atoms with Crippen LogP contribution in [0.25, 0.3) is 22.0 Å². The minimum absolute atomic E-state index is 0.122. The number of nitrogens with one attached hydrogen (secondary N) is 1. The number of hydrogen-bond acceptors (Lipinski definition) is 2. The zero-order chi connectivity index (χ0) is 21.0. The number of hydrogen-bond donors (Lipinski definition) is 1. The second-order valence-electron chi connectivity index (χ2n) is 8.37. The van der Waals surface area contributed by atoms with Crippen molar-refractivity contribution >= 4 is 22.5 Å². The van der Waals surface area contributed by atoms with E-state index in [0.717, 1.165) is 22.2 Å². The van der Waals surface area contributed by atoms with Crippen LogP contribution >= 0.6 is 0 Å². The van der Waals surface area contributed by atoms with Gasteiger partial charge >= 0.3 is 0 Å². The zero-order valence-electron chi connectivity index (χ0n) is 17.6. The number of amides is 1. The fraction of sp³-hybridized carbons (Fsp3) is 0.214. The normalized spacial score (nSPS) is 14.5. The minimum Gasteiger partial charge on any atom is -0.322 e. The Hall–Kier alpha value is -3.46. The topological polar surface area (TPSA) is 42.0 Å². The Bertz CT molecular complexity index is 1190. The quantitative estimate of drug-likeness (QED) is 0.389. The summed E-state index contributed by atoms with van der Waals surface area (Å²) in [6.45, 7) is 0. The van der Waals surface area contributed by atoms with Gasteiger partial charge in [0.2, 0.25) is 0 Å². The van der Waals surface area contributed by atoms with E-state index < -0.39 is 0 Å². The first-order valence-electron chi connectivity index (χ1n) is 11.1. The number of aromatic nitrogens is 1. The van der Waals surface area contributed by atoms with Crippen molar-refractivity contribution in [1.82, 2.24) is 4.98 Å². The number of benzene rings is 3. The SMILES string of the molecule is O=C(Nc1ccccc1)c1ccnc2cc(-c3ccc(C4CCCCC4)cc3)ccc12. The van der Waals surface area contributed by atoms with Crippen LogP contribution in [-0.2, 0) is 0 Å². The van der Waals surface area contributed by atoms with Crippen molar-refractivity contribution in [3.8, 4) is 11.1 Å². The van der Waals surface area contributed by atoms with Gasteiger partial charge in [0.05, 0.1) is 11.1 Å². The molecule has 1 aromatic heterocycles. The van der Waals surface area contributed by atoms with Gasteiger partial charge in [-0.2, -0.15) is 0 Å². The lowest BCUT2D eigenvalue weighted by Gasteiger charge is -2.22. The molecule has 0 atom stereocenters. The third kappa shape index (κ3) is 4.22. The molecular formula is C28H26N2O. The Labute approximate surface area is 183 Å². The van der Waals surface area contributed by atoms with Crippen LogP contribution in [0, 0.1) is 0 Å². The van der Waals surface area contributed by atoms with E-state index in [-0.39, 0.29) is 5.91 Å². The maximum absolute atomic E-state index is 12.8. The summed E-state index contributed by atoms with van der Waals surface area (Å²) in [5, 5.41) is 3.83. The summed E-state index contributed by atoms with van der Waals surface area (Å²) < 4.78 is 0. The molecule has 1 saturated carbocycles. The second kappa shape index (κ2) is 8.73. The van der Waals surface area contributed by atoms with Crippen molar-refractivity contribution in [2.45, 2.75) is 38.0 Å². The van der Waals surface area contributed by atoms with Crippen molar-refractivity contribution in [1.29, 1.82) is 0 Å². The number of anilines is 1. The Balaban J connectivity index is 1.41. The van der Waals surface area contributed by atoms with Gasteiger partial charge < -0.3 is 5.32 Å². The molecule has 3 aromatic carbocycles. The number of rotatable bonds is 4. The number of fused-ring (bicyclic) bond motifs is 1. The summed E-state index contributed by atoms with van der Waals surface area (Å²) in [4.78, 5) is 17.4. The molecule has 0 spiro atoms. The molecular weight excluding hydrogens is 380 g/mol. The molecule has 5 rings (SSSR count). The Morgan fingerprint density at radius 3 is 2.32 bits per heavy atom. The number of carbonyl (C=O) groups excluding carboxylic acids is 1. The lowest BCUT2D eigenvalue weighted by Crippen LogP contribution is -2.12. The first kappa shape index (κ1) is 19.5. The molecule has 1 heterocycles. The van der Waals surface area contributed by atoms with Crippen LogP contribution < -0.4 is 5.32 Å². The molecule has 0 aliphatic heterocycles. The van der Waals surface area contributed by atoms with E-state index >= 15 is 0 Å². The van der Waals surface area contributed by atoms with E-state index in [1.54, 1.807) is 12.3 Å². The molecule has 0 radical (unpaired) electrons. The molecule has 4 aromatic rings. The maximum Gasteiger partial charge on any atom is 0.256 e. The Kier molecular flexibility index (Phi) is 5.49. The lowest BCUT2D eigenvalue weighted by atomic mass is 9.83. The fourth-order valence-corrected chi connectivity index (χ4v) is 4.63. The van der Waals surface area contributed by atoms with Crippen LogP contribution in [0.1, 0.15) is 53.9 Å². The number of para-hydroxylation sites is 1.